The quantitative estimate of drug-likeness (QED) is 0.705. The Bertz CT molecular complexity index is 240. The molecule has 1 rings (SSSR count). The number of carboxylic acid groups (broad SMARTS) is 1. The van der Waals surface area contributed by atoms with Crippen molar-refractivity contribution in [2.45, 2.75) is 33.2 Å². The molecule has 0 fully saturated rings. The first-order chi connectivity index (χ1) is 5.88. The first-order valence-electron chi connectivity index (χ1n) is 4.32. The minimum absolute atomic E-state index is 0.00565. The van der Waals surface area contributed by atoms with Gasteiger partial charge in [-0.1, -0.05) is 20.8 Å². The van der Waals surface area contributed by atoms with Gasteiger partial charge in [-0.25, -0.2) is 9.79 Å². The van der Waals surface area contributed by atoms with Gasteiger partial charge in [0.2, 0.25) is 0 Å². The van der Waals surface area contributed by atoms with Crippen molar-refractivity contribution in [2.24, 2.45) is 10.4 Å². The summed E-state index contributed by atoms with van der Waals surface area (Å²) < 4.78 is 4.92. The molecule has 1 N–H and O–H groups in total. The Morgan fingerprint density at radius 3 is 2.69 bits per heavy atom. The fraction of sp³-hybridized carbons (Fsp3) is 0.778. The van der Waals surface area contributed by atoms with Crippen LogP contribution in [0.4, 0.5) is 0 Å². The van der Waals surface area contributed by atoms with Crippen LogP contribution in [0.3, 0.4) is 0 Å². The molecule has 4 heteroatoms. The number of aliphatic carboxylic acids is 1. The number of aliphatic imine (C=N–C) groups is 1. The van der Waals surface area contributed by atoms with Crippen LogP contribution in [0.15, 0.2) is 4.99 Å². The molecule has 0 amide bonds. The van der Waals surface area contributed by atoms with E-state index in [0.717, 1.165) is 6.42 Å². The van der Waals surface area contributed by atoms with Gasteiger partial charge in [-0.15, -0.1) is 0 Å². The number of carboxylic acids is 1. The number of hydrogen-bond acceptors (Lipinski definition) is 3. The molecule has 0 aromatic rings. The molecular formula is C9H15NO3. The predicted octanol–water partition coefficient (Wildman–Crippen LogP) is 1.30. The van der Waals surface area contributed by atoms with Crippen LogP contribution >= 0.6 is 0 Å². The zero-order chi connectivity index (χ0) is 10.1. The molecule has 1 unspecified atom stereocenters. The lowest BCUT2D eigenvalue weighted by Crippen LogP contribution is -2.17. The molecule has 0 aromatic heterocycles. The monoisotopic (exact) mass is 185 g/mol. The summed E-state index contributed by atoms with van der Waals surface area (Å²) >= 11 is 0. The Balaban J connectivity index is 2.53. The second-order valence-electron chi connectivity index (χ2n) is 4.47. The first kappa shape index (κ1) is 10.0. The van der Waals surface area contributed by atoms with E-state index in [0.29, 0.717) is 6.61 Å². The fourth-order valence-electron chi connectivity index (χ4n) is 1.34. The highest BCUT2D eigenvalue weighted by molar-refractivity contribution is 6.32. The lowest BCUT2D eigenvalue weighted by atomic mass is 9.89. The summed E-state index contributed by atoms with van der Waals surface area (Å²) in [4.78, 5) is 14.4. The average molecular weight is 185 g/mol. The second-order valence-corrected chi connectivity index (χ2v) is 4.47. The van der Waals surface area contributed by atoms with Gasteiger partial charge >= 0.3 is 5.97 Å². The van der Waals surface area contributed by atoms with Crippen LogP contribution < -0.4 is 0 Å². The number of carbonyl (C=O) groups is 1. The van der Waals surface area contributed by atoms with Gasteiger partial charge in [0.1, 0.15) is 6.61 Å². The molecule has 0 bridgehead atoms. The molecule has 13 heavy (non-hydrogen) atoms. The summed E-state index contributed by atoms with van der Waals surface area (Å²) in [5.74, 6) is -1.22. The molecule has 4 nitrogen and oxygen atoms in total. The van der Waals surface area contributed by atoms with Crippen molar-refractivity contribution in [1.29, 1.82) is 0 Å². The predicted molar refractivity (Wildman–Crippen MR) is 48.9 cm³/mol. The minimum Gasteiger partial charge on any atom is -0.474 e. The van der Waals surface area contributed by atoms with Crippen LogP contribution in [0, 0.1) is 5.41 Å². The largest absolute Gasteiger partial charge is 0.474 e. The molecule has 0 saturated heterocycles. The van der Waals surface area contributed by atoms with E-state index in [1.165, 1.54) is 0 Å². The van der Waals surface area contributed by atoms with Crippen molar-refractivity contribution in [3.05, 3.63) is 0 Å². The Kier molecular flexibility index (Phi) is 2.59. The number of ether oxygens (including phenoxy) is 1. The third kappa shape index (κ3) is 3.05. The van der Waals surface area contributed by atoms with Crippen molar-refractivity contribution < 1.29 is 14.6 Å². The molecule has 1 atom stereocenters. The van der Waals surface area contributed by atoms with E-state index in [4.69, 9.17) is 9.84 Å². The van der Waals surface area contributed by atoms with Gasteiger partial charge in [0.25, 0.3) is 5.90 Å². The highest BCUT2D eigenvalue weighted by atomic mass is 16.5. The van der Waals surface area contributed by atoms with Crippen LogP contribution in [-0.4, -0.2) is 29.6 Å². The maximum Gasteiger partial charge on any atom is 0.391 e. The standard InChI is InChI=1S/C9H15NO3/c1-9(2,3)4-6-5-13-7(10-6)8(11)12/h6H,4-5H2,1-3H3,(H,11,12). The summed E-state index contributed by atoms with van der Waals surface area (Å²) in [5.41, 5.74) is 0.158. The lowest BCUT2D eigenvalue weighted by molar-refractivity contribution is -0.130. The van der Waals surface area contributed by atoms with Gasteiger partial charge in [0.15, 0.2) is 0 Å². The third-order valence-corrected chi connectivity index (χ3v) is 1.74. The summed E-state index contributed by atoms with van der Waals surface area (Å²) in [5, 5.41) is 8.57. The van der Waals surface area contributed by atoms with Gasteiger partial charge in [-0.05, 0) is 11.8 Å². The van der Waals surface area contributed by atoms with Crippen LogP contribution in [-0.2, 0) is 9.53 Å². The number of nitrogens with zero attached hydrogens (tertiary/aromatic N) is 1. The summed E-state index contributed by atoms with van der Waals surface area (Å²) in [6, 6.07) is 0.00565. The molecule has 0 aliphatic carbocycles. The van der Waals surface area contributed by atoms with Crippen molar-refractivity contribution in [1.82, 2.24) is 0 Å². The minimum atomic E-state index is -1.07. The average Bonchev–Trinajstić information content (AvgIpc) is 2.31. The molecule has 0 saturated carbocycles. The van der Waals surface area contributed by atoms with Gasteiger partial charge in [-0.2, -0.15) is 0 Å². The fourth-order valence-corrected chi connectivity index (χ4v) is 1.34. The topological polar surface area (TPSA) is 58.9 Å². The van der Waals surface area contributed by atoms with Gasteiger partial charge in [0.05, 0.1) is 6.04 Å². The van der Waals surface area contributed by atoms with Gasteiger partial charge < -0.3 is 9.84 Å². The molecule has 0 aromatic carbocycles. The smallest absolute Gasteiger partial charge is 0.391 e. The Labute approximate surface area is 77.6 Å². The van der Waals surface area contributed by atoms with Crippen molar-refractivity contribution in [3.63, 3.8) is 0 Å². The summed E-state index contributed by atoms with van der Waals surface area (Å²) in [6.45, 7) is 6.70. The number of hydrogen-bond donors (Lipinski definition) is 1. The van der Waals surface area contributed by atoms with Crippen molar-refractivity contribution >= 4 is 11.9 Å². The number of rotatable bonds is 2. The molecule has 0 spiro atoms. The van der Waals surface area contributed by atoms with Crippen molar-refractivity contribution in [3.8, 4) is 0 Å². The lowest BCUT2D eigenvalue weighted by Gasteiger charge is -2.19. The Morgan fingerprint density at radius 2 is 2.31 bits per heavy atom. The molecule has 74 valence electrons. The van der Waals surface area contributed by atoms with E-state index >= 15 is 0 Å². The Morgan fingerprint density at radius 1 is 1.69 bits per heavy atom. The van der Waals surface area contributed by atoms with Crippen LogP contribution in [0.5, 0.6) is 0 Å². The van der Waals surface area contributed by atoms with E-state index in [-0.39, 0.29) is 17.4 Å². The van der Waals surface area contributed by atoms with Gasteiger partial charge in [0, 0.05) is 0 Å². The van der Waals surface area contributed by atoms with Crippen LogP contribution in [0.25, 0.3) is 0 Å². The Hall–Kier alpha value is -1.06. The zero-order valence-electron chi connectivity index (χ0n) is 8.20. The summed E-state index contributed by atoms with van der Waals surface area (Å²) in [7, 11) is 0. The van der Waals surface area contributed by atoms with Crippen LogP contribution in [0.2, 0.25) is 0 Å². The molecule has 1 aliphatic rings. The SMILES string of the molecule is CC(C)(C)CC1COC(C(=O)O)=N1. The normalized spacial score (nSPS) is 22.4. The highest BCUT2D eigenvalue weighted by Crippen LogP contribution is 2.24. The summed E-state index contributed by atoms with van der Waals surface area (Å²) in [6.07, 6.45) is 0.851. The van der Waals surface area contributed by atoms with E-state index in [2.05, 4.69) is 25.8 Å². The highest BCUT2D eigenvalue weighted by Gasteiger charge is 2.27. The van der Waals surface area contributed by atoms with Gasteiger partial charge in [-0.3, -0.25) is 0 Å². The van der Waals surface area contributed by atoms with E-state index < -0.39 is 5.97 Å². The van der Waals surface area contributed by atoms with Crippen molar-refractivity contribution in [2.75, 3.05) is 6.61 Å². The maximum atomic E-state index is 10.5. The van der Waals surface area contributed by atoms with E-state index in [1.54, 1.807) is 0 Å². The molecular weight excluding hydrogens is 170 g/mol. The molecule has 1 heterocycles. The molecule has 1 aliphatic heterocycles. The third-order valence-electron chi connectivity index (χ3n) is 1.74. The zero-order valence-corrected chi connectivity index (χ0v) is 8.20. The molecule has 0 radical (unpaired) electrons. The first-order valence-corrected chi connectivity index (χ1v) is 4.32. The van der Waals surface area contributed by atoms with Crippen LogP contribution in [0.1, 0.15) is 27.2 Å². The maximum absolute atomic E-state index is 10.5. The van der Waals surface area contributed by atoms with E-state index in [9.17, 15) is 4.79 Å². The second kappa shape index (κ2) is 3.36. The van der Waals surface area contributed by atoms with E-state index in [1.807, 2.05) is 0 Å².